The van der Waals surface area contributed by atoms with Crippen molar-refractivity contribution in [2.75, 3.05) is 31.5 Å². The van der Waals surface area contributed by atoms with E-state index >= 15 is 0 Å². The Bertz CT molecular complexity index is 796. The van der Waals surface area contributed by atoms with Crippen LogP contribution in [0.2, 0.25) is 0 Å². The number of amides is 1. The molecule has 1 aromatic heterocycles. The van der Waals surface area contributed by atoms with Crippen molar-refractivity contribution in [3.05, 3.63) is 23.9 Å². The normalized spacial score (nSPS) is 16.5. The molecule has 0 bridgehead atoms. The van der Waals surface area contributed by atoms with Gasteiger partial charge in [0.05, 0.1) is 12.1 Å². The van der Waals surface area contributed by atoms with E-state index in [1.165, 1.54) is 6.20 Å². The first-order valence-corrected chi connectivity index (χ1v) is 9.57. The van der Waals surface area contributed by atoms with Gasteiger partial charge in [-0.05, 0) is 30.9 Å². The highest BCUT2D eigenvalue weighted by molar-refractivity contribution is 7.90. The minimum absolute atomic E-state index is 0.0186. The fraction of sp³-hybridized carbons (Fsp3) is 0.500. The van der Waals surface area contributed by atoms with Crippen LogP contribution in [0.4, 0.5) is 19.0 Å². The summed E-state index contributed by atoms with van der Waals surface area (Å²) in [5, 5.41) is 5.55. The number of hydrogen-bond acceptors (Lipinski definition) is 5. The van der Waals surface area contributed by atoms with E-state index in [0.29, 0.717) is 35.1 Å². The maximum Gasteiger partial charge on any atom is 0.511 e. The van der Waals surface area contributed by atoms with Gasteiger partial charge in [0.1, 0.15) is 5.82 Å². The van der Waals surface area contributed by atoms with E-state index in [4.69, 9.17) is 6.42 Å². The summed E-state index contributed by atoms with van der Waals surface area (Å²) in [7, 11) is -5.26. The second-order valence-electron chi connectivity index (χ2n) is 5.99. The highest BCUT2D eigenvalue weighted by atomic mass is 32.2. The van der Waals surface area contributed by atoms with Gasteiger partial charge in [-0.1, -0.05) is 5.92 Å². The first-order chi connectivity index (χ1) is 12.6. The monoisotopic (exact) mass is 404 g/mol. The van der Waals surface area contributed by atoms with Gasteiger partial charge in [0.25, 0.3) is 5.91 Å². The molecular weight excluding hydrogens is 385 g/mol. The lowest BCUT2D eigenvalue weighted by Gasteiger charge is -2.31. The molecule has 0 saturated carbocycles. The van der Waals surface area contributed by atoms with E-state index in [9.17, 15) is 26.4 Å². The van der Waals surface area contributed by atoms with Gasteiger partial charge in [0.15, 0.2) is 0 Å². The lowest BCUT2D eigenvalue weighted by molar-refractivity contribution is -0.0496. The molecule has 0 spiro atoms. The molecule has 1 aromatic rings. The van der Waals surface area contributed by atoms with Crippen molar-refractivity contribution in [3.8, 4) is 12.3 Å². The maximum absolute atomic E-state index is 12.6. The standard InChI is InChI=1S/C16H19F3N4O3S/c1-2-7-20-15(24)13-3-4-14(22-11-13)21-10-12-5-8-23(9-6-12)27(25,26)16(17,18)19/h1,3-4,11-12H,5-10H2,(H,20,24)(H,21,22). The van der Waals surface area contributed by atoms with Crippen molar-refractivity contribution >= 4 is 21.7 Å². The van der Waals surface area contributed by atoms with Crippen LogP contribution in [0, 0.1) is 18.3 Å². The zero-order valence-corrected chi connectivity index (χ0v) is 15.1. The Labute approximate surface area is 155 Å². The van der Waals surface area contributed by atoms with Crippen LogP contribution in [0.15, 0.2) is 18.3 Å². The molecule has 2 rings (SSSR count). The quantitative estimate of drug-likeness (QED) is 0.700. The highest BCUT2D eigenvalue weighted by Gasteiger charge is 2.50. The number of sulfonamides is 1. The van der Waals surface area contributed by atoms with E-state index in [-0.39, 0.29) is 31.5 Å². The van der Waals surface area contributed by atoms with Crippen molar-refractivity contribution in [2.24, 2.45) is 5.92 Å². The Morgan fingerprint density at radius 2 is 2.00 bits per heavy atom. The van der Waals surface area contributed by atoms with Crippen molar-refractivity contribution in [3.63, 3.8) is 0 Å². The van der Waals surface area contributed by atoms with Gasteiger partial charge in [-0.15, -0.1) is 6.42 Å². The average molecular weight is 404 g/mol. The highest BCUT2D eigenvalue weighted by Crippen LogP contribution is 2.30. The molecule has 0 aromatic carbocycles. The average Bonchev–Trinajstić information content (AvgIpc) is 2.64. The largest absolute Gasteiger partial charge is 0.511 e. The van der Waals surface area contributed by atoms with Gasteiger partial charge in [-0.2, -0.15) is 17.5 Å². The third-order valence-electron chi connectivity index (χ3n) is 4.15. The third-order valence-corrected chi connectivity index (χ3v) is 5.78. The van der Waals surface area contributed by atoms with Crippen LogP contribution < -0.4 is 10.6 Å². The van der Waals surface area contributed by atoms with Gasteiger partial charge < -0.3 is 10.6 Å². The minimum Gasteiger partial charge on any atom is -0.370 e. The zero-order chi connectivity index (χ0) is 20.1. The smallest absolute Gasteiger partial charge is 0.370 e. The van der Waals surface area contributed by atoms with Crippen molar-refractivity contribution in [1.29, 1.82) is 0 Å². The summed E-state index contributed by atoms with van der Waals surface area (Å²) in [6.45, 7) is 0.211. The van der Waals surface area contributed by atoms with E-state index in [1.807, 2.05) is 0 Å². The molecule has 27 heavy (non-hydrogen) atoms. The van der Waals surface area contributed by atoms with Crippen LogP contribution >= 0.6 is 0 Å². The zero-order valence-electron chi connectivity index (χ0n) is 14.3. The second-order valence-corrected chi connectivity index (χ2v) is 7.92. The van der Waals surface area contributed by atoms with Crippen molar-refractivity contribution in [2.45, 2.75) is 18.3 Å². The number of anilines is 1. The van der Waals surface area contributed by atoms with Crippen LogP contribution in [0.25, 0.3) is 0 Å². The lowest BCUT2D eigenvalue weighted by atomic mass is 9.98. The first kappa shape index (κ1) is 21.0. The van der Waals surface area contributed by atoms with E-state index in [1.54, 1.807) is 12.1 Å². The molecule has 148 valence electrons. The molecule has 2 heterocycles. The number of hydrogen-bond donors (Lipinski definition) is 2. The fourth-order valence-corrected chi connectivity index (χ4v) is 3.60. The molecule has 1 fully saturated rings. The van der Waals surface area contributed by atoms with Gasteiger partial charge in [-0.25, -0.2) is 13.4 Å². The molecule has 2 N–H and O–H groups in total. The third kappa shape index (κ3) is 5.33. The molecule has 0 radical (unpaired) electrons. The summed E-state index contributed by atoms with van der Waals surface area (Å²) in [4.78, 5) is 15.8. The first-order valence-electron chi connectivity index (χ1n) is 8.13. The van der Waals surface area contributed by atoms with E-state index < -0.39 is 15.5 Å². The fourth-order valence-electron chi connectivity index (χ4n) is 2.62. The maximum atomic E-state index is 12.6. The van der Waals surface area contributed by atoms with E-state index in [2.05, 4.69) is 21.5 Å². The Morgan fingerprint density at radius 3 is 2.52 bits per heavy atom. The molecule has 1 saturated heterocycles. The number of terminal acetylenes is 1. The molecule has 1 aliphatic heterocycles. The van der Waals surface area contributed by atoms with E-state index in [0.717, 1.165) is 0 Å². The summed E-state index contributed by atoms with van der Waals surface area (Å²) in [5.41, 5.74) is -4.92. The predicted octanol–water partition coefficient (Wildman–Crippen LogP) is 1.42. The Balaban J connectivity index is 1.82. The van der Waals surface area contributed by atoms with Gasteiger partial charge in [0, 0.05) is 25.8 Å². The van der Waals surface area contributed by atoms with Crippen LogP contribution in [0.3, 0.4) is 0 Å². The Morgan fingerprint density at radius 1 is 1.33 bits per heavy atom. The van der Waals surface area contributed by atoms with Crippen molar-refractivity contribution in [1.82, 2.24) is 14.6 Å². The molecule has 0 atom stereocenters. The number of carbonyl (C=O) groups excluding carboxylic acids is 1. The van der Waals surface area contributed by atoms with Gasteiger partial charge in [0.2, 0.25) is 0 Å². The van der Waals surface area contributed by atoms with Gasteiger partial charge in [-0.3, -0.25) is 4.79 Å². The SMILES string of the molecule is C#CCNC(=O)c1ccc(NCC2CCN(S(=O)(=O)C(F)(F)F)CC2)nc1. The Kier molecular flexibility index (Phi) is 6.67. The molecule has 11 heteroatoms. The van der Waals surface area contributed by atoms with Gasteiger partial charge >= 0.3 is 15.5 Å². The summed E-state index contributed by atoms with van der Waals surface area (Å²) in [5.74, 6) is 2.47. The summed E-state index contributed by atoms with van der Waals surface area (Å²) < 4.78 is 60.9. The summed E-state index contributed by atoms with van der Waals surface area (Å²) in [6.07, 6.45) is 7.07. The lowest BCUT2D eigenvalue weighted by Crippen LogP contribution is -2.45. The second kappa shape index (κ2) is 8.58. The molecule has 1 amide bonds. The number of nitrogens with zero attached hydrogens (tertiary/aromatic N) is 2. The molecule has 0 aliphatic carbocycles. The van der Waals surface area contributed by atoms with Crippen LogP contribution in [-0.2, 0) is 10.0 Å². The number of halogens is 3. The molecule has 1 aliphatic rings. The summed E-state index contributed by atoms with van der Waals surface area (Å²) in [6, 6.07) is 3.17. The molecular formula is C16H19F3N4O3S. The van der Waals surface area contributed by atoms with Crippen LogP contribution in [0.5, 0.6) is 0 Å². The number of rotatable bonds is 6. The van der Waals surface area contributed by atoms with Crippen molar-refractivity contribution < 1.29 is 26.4 Å². The number of piperidine rings is 1. The minimum atomic E-state index is -5.27. The molecule has 0 unspecified atom stereocenters. The predicted molar refractivity (Wildman–Crippen MR) is 93.2 cm³/mol. The number of aromatic nitrogens is 1. The number of carbonyl (C=O) groups is 1. The van der Waals surface area contributed by atoms with Crippen LogP contribution in [-0.4, -0.2) is 55.3 Å². The Hall–Kier alpha value is -2.32. The molecule has 7 nitrogen and oxygen atoms in total. The number of alkyl halides is 3. The number of nitrogens with one attached hydrogen (secondary N) is 2. The topological polar surface area (TPSA) is 91.4 Å². The van der Waals surface area contributed by atoms with Crippen LogP contribution in [0.1, 0.15) is 23.2 Å². The number of pyridine rings is 1. The summed E-state index contributed by atoms with van der Waals surface area (Å²) >= 11 is 0.